The molecule has 12 heteroatoms. The number of rotatable bonds is 9. The summed E-state index contributed by atoms with van der Waals surface area (Å²) in [7, 11) is -3.99. The molecule has 162 valence electrons. The van der Waals surface area contributed by atoms with Crippen LogP contribution in [0.4, 0.5) is 23.0 Å². The molecule has 0 aliphatic heterocycles. The highest BCUT2D eigenvalue weighted by Gasteiger charge is 2.25. The van der Waals surface area contributed by atoms with Crippen molar-refractivity contribution in [1.82, 2.24) is 14.8 Å². The van der Waals surface area contributed by atoms with Gasteiger partial charge in [-0.05, 0) is 38.1 Å². The molecule has 11 nitrogen and oxygen atoms in total. The molecule has 3 aromatic rings. The summed E-state index contributed by atoms with van der Waals surface area (Å²) in [6.45, 7) is 4.04. The topological polar surface area (TPSA) is 148 Å². The van der Waals surface area contributed by atoms with Crippen molar-refractivity contribution in [2.75, 3.05) is 17.3 Å². The fraction of sp³-hybridized carbons (Fsp3) is 0.158. The van der Waals surface area contributed by atoms with E-state index in [1.54, 1.807) is 36.4 Å². The summed E-state index contributed by atoms with van der Waals surface area (Å²) in [5, 5.41) is 14.6. The van der Waals surface area contributed by atoms with Gasteiger partial charge in [0.25, 0.3) is 10.0 Å². The Morgan fingerprint density at radius 3 is 2.42 bits per heavy atom. The van der Waals surface area contributed by atoms with Crippen LogP contribution in [0.5, 0.6) is 5.75 Å². The average Bonchev–Trinajstić information content (AvgIpc) is 2.74. The zero-order valence-corrected chi connectivity index (χ0v) is 17.5. The molecule has 0 bridgehead atoms. The maximum atomic E-state index is 12.5. The third kappa shape index (κ3) is 5.24. The second kappa shape index (κ2) is 9.36. The quantitative estimate of drug-likeness (QED) is 0.334. The maximum absolute atomic E-state index is 12.5. The molecule has 3 N–H and O–H groups in total. The van der Waals surface area contributed by atoms with Crippen LogP contribution in [0.25, 0.3) is 0 Å². The molecule has 3 rings (SSSR count). The molecule has 0 amide bonds. The first-order valence-electron chi connectivity index (χ1n) is 9.14. The number of nitro groups is 1. The van der Waals surface area contributed by atoms with E-state index < -0.39 is 20.6 Å². The van der Waals surface area contributed by atoms with Crippen LogP contribution in [-0.2, 0) is 10.0 Å². The molecular weight excluding hydrogens is 424 g/mol. The number of nitrogens with one attached hydrogen (secondary N) is 3. The molecule has 0 saturated heterocycles. The number of aromatic nitrogens is 2. The van der Waals surface area contributed by atoms with Crippen molar-refractivity contribution in [3.8, 4) is 5.75 Å². The lowest BCUT2D eigenvalue weighted by atomic mass is 10.2. The normalized spacial score (nSPS) is 11.0. The largest absolute Gasteiger partial charge is 0.492 e. The first-order valence-corrected chi connectivity index (χ1v) is 10.6. The highest BCUT2D eigenvalue weighted by Crippen LogP contribution is 2.34. The zero-order chi connectivity index (χ0) is 22.4. The summed E-state index contributed by atoms with van der Waals surface area (Å²) in [6.07, 6.45) is 1.07. The number of hydrazine groups is 1. The van der Waals surface area contributed by atoms with Gasteiger partial charge < -0.3 is 10.1 Å². The molecule has 31 heavy (non-hydrogen) atoms. The molecular formula is C19H20N6O5S. The maximum Gasteiger partial charge on any atom is 0.354 e. The zero-order valence-electron chi connectivity index (χ0n) is 16.7. The number of nitrogens with zero attached hydrogens (tertiary/aromatic N) is 3. The van der Waals surface area contributed by atoms with Gasteiger partial charge in [0.1, 0.15) is 12.1 Å². The molecule has 0 fully saturated rings. The minimum atomic E-state index is -3.99. The van der Waals surface area contributed by atoms with Crippen molar-refractivity contribution in [3.63, 3.8) is 0 Å². The molecule has 0 spiro atoms. The number of sulfonamides is 1. The van der Waals surface area contributed by atoms with Gasteiger partial charge in [0.15, 0.2) is 0 Å². The second-order valence-electron chi connectivity index (χ2n) is 6.27. The predicted molar refractivity (Wildman–Crippen MR) is 115 cm³/mol. The van der Waals surface area contributed by atoms with E-state index in [9.17, 15) is 18.5 Å². The van der Waals surface area contributed by atoms with Gasteiger partial charge in [0.05, 0.1) is 22.1 Å². The fourth-order valence-corrected chi connectivity index (χ4v) is 3.45. The lowest BCUT2D eigenvalue weighted by molar-refractivity contribution is -0.383. The van der Waals surface area contributed by atoms with Gasteiger partial charge in [-0.1, -0.05) is 29.8 Å². The third-order valence-corrected chi connectivity index (χ3v) is 5.34. The smallest absolute Gasteiger partial charge is 0.354 e. The number of aryl methyl sites for hydroxylation is 1. The first-order chi connectivity index (χ1) is 14.8. The number of hydrogen-bond acceptors (Lipinski definition) is 9. The Hall–Kier alpha value is -3.77. The SMILES string of the molecule is CCOc1ccccc1Nc1ncnc(NNS(=O)(=O)c2ccc(C)cc2)c1[N+](=O)[O-]. The van der Waals surface area contributed by atoms with Crippen LogP contribution in [0.15, 0.2) is 59.8 Å². The van der Waals surface area contributed by atoms with E-state index in [0.717, 1.165) is 11.9 Å². The van der Waals surface area contributed by atoms with Gasteiger partial charge in [0, 0.05) is 0 Å². The van der Waals surface area contributed by atoms with Crippen molar-refractivity contribution < 1.29 is 18.1 Å². The summed E-state index contributed by atoms with van der Waals surface area (Å²) in [5.41, 5.74) is 3.12. The van der Waals surface area contributed by atoms with Crippen molar-refractivity contribution in [2.24, 2.45) is 0 Å². The van der Waals surface area contributed by atoms with Crippen LogP contribution in [-0.4, -0.2) is 29.9 Å². The molecule has 0 atom stereocenters. The number of hydrogen-bond donors (Lipinski definition) is 3. The highest BCUT2D eigenvalue weighted by atomic mass is 32.2. The van der Waals surface area contributed by atoms with E-state index in [-0.39, 0.29) is 16.5 Å². The summed E-state index contributed by atoms with van der Waals surface area (Å²) in [4.78, 5) is 20.8. The van der Waals surface area contributed by atoms with Gasteiger partial charge in [-0.25, -0.2) is 18.4 Å². The molecule has 1 aromatic heterocycles. The minimum Gasteiger partial charge on any atom is -0.492 e. The molecule has 1 heterocycles. The molecule has 0 aliphatic rings. The monoisotopic (exact) mass is 444 g/mol. The van der Waals surface area contributed by atoms with Crippen LogP contribution < -0.4 is 20.3 Å². The predicted octanol–water partition coefficient (Wildman–Crippen LogP) is 3.14. The fourth-order valence-electron chi connectivity index (χ4n) is 2.61. The summed E-state index contributed by atoms with van der Waals surface area (Å²) in [5.74, 6) is 0.0174. The van der Waals surface area contributed by atoms with E-state index in [0.29, 0.717) is 18.0 Å². The van der Waals surface area contributed by atoms with Gasteiger partial charge in [-0.15, -0.1) is 4.83 Å². The standard InChI is InChI=1S/C19H20N6O5S/c1-3-30-16-7-5-4-6-15(16)22-18-17(25(26)27)19(21-12-20-18)23-24-31(28,29)14-10-8-13(2)9-11-14/h4-12,24H,3H2,1-2H3,(H2,20,21,22,23). The van der Waals surface area contributed by atoms with Gasteiger partial charge in [-0.2, -0.15) is 0 Å². The number of benzene rings is 2. The van der Waals surface area contributed by atoms with Crippen LogP contribution in [0.2, 0.25) is 0 Å². The van der Waals surface area contributed by atoms with Crippen LogP contribution in [0, 0.1) is 17.0 Å². The van der Waals surface area contributed by atoms with Crippen LogP contribution >= 0.6 is 0 Å². The summed E-state index contributed by atoms with van der Waals surface area (Å²) < 4.78 is 30.4. The Labute approximate surface area is 178 Å². The summed E-state index contributed by atoms with van der Waals surface area (Å²) in [6, 6.07) is 13.0. The highest BCUT2D eigenvalue weighted by molar-refractivity contribution is 7.89. The lowest BCUT2D eigenvalue weighted by Gasteiger charge is -2.13. The lowest BCUT2D eigenvalue weighted by Crippen LogP contribution is -2.30. The van der Waals surface area contributed by atoms with Gasteiger partial charge >= 0.3 is 5.69 Å². The van der Waals surface area contributed by atoms with Crippen molar-refractivity contribution in [1.29, 1.82) is 0 Å². The van der Waals surface area contributed by atoms with E-state index in [1.165, 1.54) is 12.1 Å². The molecule has 0 saturated carbocycles. The van der Waals surface area contributed by atoms with E-state index in [1.807, 2.05) is 13.8 Å². The van der Waals surface area contributed by atoms with Gasteiger partial charge in [0.2, 0.25) is 11.6 Å². The summed E-state index contributed by atoms with van der Waals surface area (Å²) >= 11 is 0. The Bertz CT molecular complexity index is 1180. The number of anilines is 3. The van der Waals surface area contributed by atoms with Crippen molar-refractivity contribution in [2.45, 2.75) is 18.7 Å². The van der Waals surface area contributed by atoms with E-state index in [4.69, 9.17) is 4.74 Å². The van der Waals surface area contributed by atoms with Crippen LogP contribution in [0.1, 0.15) is 12.5 Å². The molecule has 0 radical (unpaired) electrons. The Kier molecular flexibility index (Phi) is 6.62. The number of ether oxygens (including phenoxy) is 1. The van der Waals surface area contributed by atoms with E-state index >= 15 is 0 Å². The van der Waals surface area contributed by atoms with Crippen molar-refractivity contribution >= 4 is 33.0 Å². The minimum absolute atomic E-state index is 0.00806. The average molecular weight is 444 g/mol. The molecule has 0 aliphatic carbocycles. The third-order valence-electron chi connectivity index (χ3n) is 4.08. The first kappa shape index (κ1) is 21.9. The Balaban J connectivity index is 1.89. The Morgan fingerprint density at radius 2 is 1.74 bits per heavy atom. The number of para-hydroxylation sites is 2. The van der Waals surface area contributed by atoms with E-state index in [2.05, 4.69) is 25.5 Å². The van der Waals surface area contributed by atoms with Gasteiger partial charge in [-0.3, -0.25) is 15.5 Å². The molecule has 0 unspecified atom stereocenters. The van der Waals surface area contributed by atoms with Crippen LogP contribution in [0.3, 0.4) is 0 Å². The van der Waals surface area contributed by atoms with Crippen molar-refractivity contribution in [3.05, 3.63) is 70.5 Å². The Morgan fingerprint density at radius 1 is 1.06 bits per heavy atom. The molecule has 2 aromatic carbocycles. The second-order valence-corrected chi connectivity index (χ2v) is 7.96.